The van der Waals surface area contributed by atoms with Gasteiger partial charge in [0.1, 0.15) is 0 Å². The molecule has 2 amide bonds. The number of nitrogens with zero attached hydrogens (tertiary/aromatic N) is 2. The van der Waals surface area contributed by atoms with Crippen LogP contribution >= 0.6 is 11.6 Å². The van der Waals surface area contributed by atoms with E-state index in [1.807, 2.05) is 23.1 Å². The molecule has 4 N–H and O–H groups in total. The minimum atomic E-state index is -3.76. The minimum absolute atomic E-state index is 0.0335. The highest BCUT2D eigenvalue weighted by Gasteiger charge is 2.41. The first-order valence-corrected chi connectivity index (χ1v) is 12.3. The van der Waals surface area contributed by atoms with Gasteiger partial charge in [-0.1, -0.05) is 23.7 Å². The number of hydrogen-bond donors (Lipinski definition) is 2. The van der Waals surface area contributed by atoms with E-state index < -0.39 is 10.0 Å². The number of carbonyl (C=O) groups excluding carboxylic acids is 1. The van der Waals surface area contributed by atoms with E-state index >= 15 is 0 Å². The van der Waals surface area contributed by atoms with Crippen LogP contribution in [0.4, 0.5) is 10.5 Å². The fourth-order valence-electron chi connectivity index (χ4n) is 4.84. The Hall–Kier alpha value is -2.13. The molecule has 166 valence electrons. The molecule has 1 saturated carbocycles. The lowest BCUT2D eigenvalue weighted by molar-refractivity contribution is 0.156. The first kappa shape index (κ1) is 22.1. The highest BCUT2D eigenvalue weighted by molar-refractivity contribution is 7.89. The standard InChI is InChI=1S/C22H27ClN4O3S/c23-17-3-1-2-16(14-17)22(15-24)10-8-19(9-11-22)27-13-12-26(21(27)28)18-4-6-20(7-5-18)31(25,29)30/h1-7,14,19H,8-13,15,24H2,(H2,25,29,30). The molecule has 0 bridgehead atoms. The zero-order chi connectivity index (χ0) is 22.2. The van der Waals surface area contributed by atoms with Crippen molar-refractivity contribution in [3.63, 3.8) is 0 Å². The Kier molecular flexibility index (Phi) is 6.00. The maximum Gasteiger partial charge on any atom is 0.324 e. The molecule has 0 atom stereocenters. The number of sulfonamides is 1. The van der Waals surface area contributed by atoms with Crippen LogP contribution in [0.1, 0.15) is 31.2 Å². The number of nitrogens with two attached hydrogens (primary N) is 2. The number of rotatable bonds is 5. The van der Waals surface area contributed by atoms with Crippen molar-refractivity contribution in [2.45, 2.75) is 42.0 Å². The fraction of sp³-hybridized carbons (Fsp3) is 0.409. The van der Waals surface area contributed by atoms with E-state index in [-0.39, 0.29) is 22.4 Å². The van der Waals surface area contributed by atoms with Gasteiger partial charge in [-0.05, 0) is 67.6 Å². The van der Waals surface area contributed by atoms with Gasteiger partial charge in [-0.3, -0.25) is 4.90 Å². The number of benzene rings is 2. The van der Waals surface area contributed by atoms with Crippen LogP contribution in [0, 0.1) is 0 Å². The van der Waals surface area contributed by atoms with E-state index in [2.05, 4.69) is 6.07 Å². The van der Waals surface area contributed by atoms with Gasteiger partial charge in [0.05, 0.1) is 4.90 Å². The Bertz CT molecular complexity index is 1070. The molecule has 2 fully saturated rings. The third-order valence-electron chi connectivity index (χ3n) is 6.70. The Labute approximate surface area is 188 Å². The fourth-order valence-corrected chi connectivity index (χ4v) is 5.55. The SMILES string of the molecule is NCC1(c2cccc(Cl)c2)CCC(N2CCN(c3ccc(S(N)(=O)=O)cc3)C2=O)CC1. The molecule has 0 spiro atoms. The molecular formula is C22H27ClN4O3S. The highest BCUT2D eigenvalue weighted by Crippen LogP contribution is 2.41. The normalized spacial score (nSPS) is 24.6. The summed E-state index contributed by atoms with van der Waals surface area (Å²) in [7, 11) is -3.76. The molecule has 0 radical (unpaired) electrons. The summed E-state index contributed by atoms with van der Waals surface area (Å²) in [6, 6.07) is 14.2. The molecule has 9 heteroatoms. The van der Waals surface area contributed by atoms with Gasteiger partial charge >= 0.3 is 6.03 Å². The third kappa shape index (κ3) is 4.30. The van der Waals surface area contributed by atoms with Gasteiger partial charge in [0.25, 0.3) is 0 Å². The van der Waals surface area contributed by atoms with E-state index in [9.17, 15) is 13.2 Å². The molecule has 7 nitrogen and oxygen atoms in total. The van der Waals surface area contributed by atoms with Crippen LogP contribution in [0.3, 0.4) is 0 Å². The van der Waals surface area contributed by atoms with Crippen molar-refractivity contribution in [1.82, 2.24) is 4.90 Å². The number of carbonyl (C=O) groups is 1. The van der Waals surface area contributed by atoms with Crippen molar-refractivity contribution in [2.24, 2.45) is 10.9 Å². The molecule has 0 aromatic heterocycles. The van der Waals surface area contributed by atoms with Crippen molar-refractivity contribution >= 4 is 33.3 Å². The predicted molar refractivity (Wildman–Crippen MR) is 122 cm³/mol. The van der Waals surface area contributed by atoms with Gasteiger partial charge in [-0.15, -0.1) is 0 Å². The van der Waals surface area contributed by atoms with Crippen LogP contribution in [0.2, 0.25) is 5.02 Å². The minimum Gasteiger partial charge on any atom is -0.330 e. The third-order valence-corrected chi connectivity index (χ3v) is 7.86. The molecule has 1 heterocycles. The number of primary sulfonamides is 1. The number of hydrogen-bond acceptors (Lipinski definition) is 4. The zero-order valence-corrected chi connectivity index (χ0v) is 18.8. The summed E-state index contributed by atoms with van der Waals surface area (Å²) in [5.74, 6) is 0. The summed E-state index contributed by atoms with van der Waals surface area (Å²) in [5.41, 5.74) is 7.94. The number of urea groups is 1. The lowest BCUT2D eigenvalue weighted by Gasteiger charge is -2.42. The molecule has 1 aliphatic heterocycles. The van der Waals surface area contributed by atoms with E-state index in [0.717, 1.165) is 25.7 Å². The van der Waals surface area contributed by atoms with Gasteiger partial charge in [0.15, 0.2) is 0 Å². The van der Waals surface area contributed by atoms with Crippen LogP contribution in [-0.2, 0) is 15.4 Å². The van der Waals surface area contributed by atoms with Crippen LogP contribution in [0.15, 0.2) is 53.4 Å². The molecule has 31 heavy (non-hydrogen) atoms. The Morgan fingerprint density at radius 3 is 2.32 bits per heavy atom. The van der Waals surface area contributed by atoms with Crippen molar-refractivity contribution in [1.29, 1.82) is 0 Å². The van der Waals surface area contributed by atoms with E-state index in [1.54, 1.807) is 17.0 Å². The Morgan fingerprint density at radius 2 is 1.74 bits per heavy atom. The molecule has 4 rings (SSSR count). The largest absolute Gasteiger partial charge is 0.330 e. The van der Waals surface area contributed by atoms with E-state index in [1.165, 1.54) is 17.7 Å². The smallest absolute Gasteiger partial charge is 0.324 e. The second-order valence-electron chi connectivity index (χ2n) is 8.39. The van der Waals surface area contributed by atoms with Gasteiger partial charge in [0, 0.05) is 41.8 Å². The van der Waals surface area contributed by atoms with Crippen molar-refractivity contribution in [3.8, 4) is 0 Å². The summed E-state index contributed by atoms with van der Waals surface area (Å²) in [4.78, 5) is 16.8. The van der Waals surface area contributed by atoms with Crippen LogP contribution < -0.4 is 15.8 Å². The van der Waals surface area contributed by atoms with Crippen molar-refractivity contribution in [2.75, 3.05) is 24.5 Å². The summed E-state index contributed by atoms with van der Waals surface area (Å²) in [5, 5.41) is 5.87. The molecule has 1 aliphatic carbocycles. The van der Waals surface area contributed by atoms with Gasteiger partial charge < -0.3 is 10.6 Å². The average molecular weight is 463 g/mol. The number of halogens is 1. The second-order valence-corrected chi connectivity index (χ2v) is 10.4. The number of amides is 2. The predicted octanol–water partition coefficient (Wildman–Crippen LogP) is 3.07. The zero-order valence-electron chi connectivity index (χ0n) is 17.2. The lowest BCUT2D eigenvalue weighted by atomic mass is 9.68. The van der Waals surface area contributed by atoms with Crippen molar-refractivity contribution < 1.29 is 13.2 Å². The molecule has 2 aliphatic rings. The first-order valence-electron chi connectivity index (χ1n) is 10.4. The van der Waals surface area contributed by atoms with Gasteiger partial charge in [-0.2, -0.15) is 0 Å². The second kappa shape index (κ2) is 8.43. The van der Waals surface area contributed by atoms with Crippen molar-refractivity contribution in [3.05, 3.63) is 59.1 Å². The van der Waals surface area contributed by atoms with Gasteiger partial charge in [0.2, 0.25) is 10.0 Å². The summed E-state index contributed by atoms with van der Waals surface area (Å²) >= 11 is 6.20. The monoisotopic (exact) mass is 462 g/mol. The molecule has 0 unspecified atom stereocenters. The summed E-state index contributed by atoms with van der Waals surface area (Å²) in [6.45, 7) is 1.77. The lowest BCUT2D eigenvalue weighted by Crippen LogP contribution is -2.46. The average Bonchev–Trinajstić information content (AvgIpc) is 3.14. The quantitative estimate of drug-likeness (QED) is 0.711. The highest BCUT2D eigenvalue weighted by atomic mass is 35.5. The molecule has 2 aromatic carbocycles. The van der Waals surface area contributed by atoms with Gasteiger partial charge in [-0.25, -0.2) is 18.4 Å². The Morgan fingerprint density at radius 1 is 1.06 bits per heavy atom. The Balaban J connectivity index is 1.44. The summed E-state index contributed by atoms with van der Waals surface area (Å²) < 4.78 is 22.9. The topological polar surface area (TPSA) is 110 Å². The first-order chi connectivity index (χ1) is 14.7. The maximum absolute atomic E-state index is 13.1. The van der Waals surface area contributed by atoms with E-state index in [4.69, 9.17) is 22.5 Å². The molecule has 2 aromatic rings. The van der Waals surface area contributed by atoms with Crippen LogP contribution in [0.25, 0.3) is 0 Å². The molecule has 1 saturated heterocycles. The van der Waals surface area contributed by atoms with E-state index in [0.29, 0.717) is 30.3 Å². The van der Waals surface area contributed by atoms with Crippen LogP contribution in [-0.4, -0.2) is 45.0 Å². The summed E-state index contributed by atoms with van der Waals surface area (Å²) in [6.07, 6.45) is 3.57. The van der Waals surface area contributed by atoms with Crippen LogP contribution in [0.5, 0.6) is 0 Å². The maximum atomic E-state index is 13.1. The number of anilines is 1. The molecular weight excluding hydrogens is 436 g/mol.